The number of carbonyl (C=O) groups is 1. The summed E-state index contributed by atoms with van der Waals surface area (Å²) < 4.78 is 7.11. The fraction of sp³-hybridized carbons (Fsp3) is 0.143. The van der Waals surface area contributed by atoms with Crippen molar-refractivity contribution in [3.63, 3.8) is 0 Å². The van der Waals surface area contributed by atoms with Crippen molar-refractivity contribution in [1.82, 2.24) is 10.3 Å². The maximum atomic E-state index is 12.5. The molecule has 2 heterocycles. The fourth-order valence-corrected chi connectivity index (χ4v) is 4.77. The number of pyridine rings is 1. The molecule has 0 fully saturated rings. The SMILES string of the molecule is COc1cc(Br)c2[nH]c(=O)c3sccc3c2c1-c1ccc(CCNC(=O)O)cc1. The zero-order valence-electron chi connectivity index (χ0n) is 15.4. The average molecular weight is 473 g/mol. The Morgan fingerprint density at radius 3 is 2.72 bits per heavy atom. The molecule has 4 aromatic rings. The van der Waals surface area contributed by atoms with E-state index in [-0.39, 0.29) is 5.56 Å². The van der Waals surface area contributed by atoms with Gasteiger partial charge in [-0.2, -0.15) is 0 Å². The Bertz CT molecular complexity index is 1280. The molecule has 0 saturated heterocycles. The lowest BCUT2D eigenvalue weighted by Gasteiger charge is -2.15. The minimum Gasteiger partial charge on any atom is -0.496 e. The molecular weight excluding hydrogens is 456 g/mol. The van der Waals surface area contributed by atoms with Crippen LogP contribution in [-0.2, 0) is 6.42 Å². The second-order valence-electron chi connectivity index (χ2n) is 6.48. The molecule has 3 N–H and O–H groups in total. The van der Waals surface area contributed by atoms with Crippen LogP contribution < -0.4 is 15.6 Å². The molecule has 0 aliphatic rings. The highest BCUT2D eigenvalue weighted by atomic mass is 79.9. The van der Waals surface area contributed by atoms with Gasteiger partial charge in [-0.15, -0.1) is 11.3 Å². The highest BCUT2D eigenvalue weighted by Gasteiger charge is 2.18. The third-order valence-electron chi connectivity index (χ3n) is 4.77. The number of hydrogen-bond acceptors (Lipinski definition) is 4. The molecule has 0 atom stereocenters. The minimum absolute atomic E-state index is 0.111. The Morgan fingerprint density at radius 2 is 2.03 bits per heavy atom. The topological polar surface area (TPSA) is 91.4 Å². The number of fused-ring (bicyclic) bond motifs is 3. The molecule has 1 amide bonds. The number of methoxy groups -OCH3 is 1. The van der Waals surface area contributed by atoms with E-state index in [2.05, 4.69) is 26.2 Å². The summed E-state index contributed by atoms with van der Waals surface area (Å²) in [5, 5.41) is 14.8. The van der Waals surface area contributed by atoms with E-state index in [1.165, 1.54) is 11.3 Å². The predicted molar refractivity (Wildman–Crippen MR) is 119 cm³/mol. The van der Waals surface area contributed by atoms with Gasteiger partial charge in [0.1, 0.15) is 10.4 Å². The van der Waals surface area contributed by atoms with Gasteiger partial charge in [-0.05, 0) is 51.0 Å². The van der Waals surface area contributed by atoms with Crippen molar-refractivity contribution in [2.75, 3.05) is 13.7 Å². The van der Waals surface area contributed by atoms with E-state index < -0.39 is 6.09 Å². The maximum Gasteiger partial charge on any atom is 0.404 e. The Balaban J connectivity index is 1.89. The van der Waals surface area contributed by atoms with E-state index in [0.29, 0.717) is 23.4 Å². The Labute approximate surface area is 178 Å². The molecule has 0 saturated carbocycles. The third-order valence-corrected chi connectivity index (χ3v) is 6.31. The molecule has 2 aromatic carbocycles. The maximum absolute atomic E-state index is 12.5. The summed E-state index contributed by atoms with van der Waals surface area (Å²) in [5.41, 5.74) is 3.50. The molecule has 8 heteroatoms. The van der Waals surface area contributed by atoms with Crippen molar-refractivity contribution >= 4 is 54.3 Å². The van der Waals surface area contributed by atoms with Gasteiger partial charge < -0.3 is 20.1 Å². The highest BCUT2D eigenvalue weighted by molar-refractivity contribution is 9.10. The summed E-state index contributed by atoms with van der Waals surface area (Å²) in [6.45, 7) is 0.357. The van der Waals surface area contributed by atoms with E-state index in [4.69, 9.17) is 9.84 Å². The van der Waals surface area contributed by atoms with Crippen LogP contribution in [0.4, 0.5) is 4.79 Å². The van der Waals surface area contributed by atoms with E-state index in [9.17, 15) is 9.59 Å². The summed E-state index contributed by atoms with van der Waals surface area (Å²) in [7, 11) is 1.62. The minimum atomic E-state index is -1.03. The second-order valence-corrected chi connectivity index (χ2v) is 8.25. The highest BCUT2D eigenvalue weighted by Crippen LogP contribution is 2.43. The number of benzene rings is 2. The molecule has 2 aromatic heterocycles. The Hall–Kier alpha value is -2.84. The smallest absolute Gasteiger partial charge is 0.404 e. The number of halogens is 1. The van der Waals surface area contributed by atoms with E-state index in [1.807, 2.05) is 41.8 Å². The standard InChI is InChI=1S/C21H17BrN2O4S/c1-28-15-10-14(22)18-17(13-7-9-29-19(13)20(25)24-18)16(15)12-4-2-11(3-5-12)6-8-23-21(26)27/h2-5,7,9-10,23H,6,8H2,1H3,(H,24,25)(H,26,27). The monoisotopic (exact) mass is 472 g/mol. The summed E-state index contributed by atoms with van der Waals surface area (Å²) in [6, 6.07) is 11.7. The molecular formula is C21H17BrN2O4S. The van der Waals surface area contributed by atoms with Gasteiger partial charge in [0.2, 0.25) is 0 Å². The van der Waals surface area contributed by atoms with E-state index in [0.717, 1.165) is 37.5 Å². The van der Waals surface area contributed by atoms with Crippen molar-refractivity contribution in [2.45, 2.75) is 6.42 Å². The number of nitrogens with one attached hydrogen (secondary N) is 2. The Kier molecular flexibility index (Phi) is 5.29. The number of amides is 1. The summed E-state index contributed by atoms with van der Waals surface area (Å²) in [4.78, 5) is 26.1. The number of rotatable bonds is 5. The van der Waals surface area contributed by atoms with E-state index in [1.54, 1.807) is 7.11 Å². The number of aromatic amines is 1. The number of thiophene rings is 1. The van der Waals surface area contributed by atoms with Gasteiger partial charge in [-0.25, -0.2) is 4.79 Å². The van der Waals surface area contributed by atoms with Crippen molar-refractivity contribution in [3.05, 3.63) is 62.2 Å². The number of carboxylic acid groups (broad SMARTS) is 1. The largest absolute Gasteiger partial charge is 0.496 e. The van der Waals surface area contributed by atoms with Crippen LogP contribution in [0.5, 0.6) is 5.75 Å². The first-order chi connectivity index (χ1) is 14.0. The van der Waals surface area contributed by atoms with Crippen molar-refractivity contribution < 1.29 is 14.6 Å². The third kappa shape index (κ3) is 3.61. The molecule has 0 aliphatic carbocycles. The predicted octanol–water partition coefficient (Wildman–Crippen LogP) is 4.99. The first-order valence-electron chi connectivity index (χ1n) is 8.85. The number of ether oxygens (including phenoxy) is 1. The fourth-order valence-electron chi connectivity index (χ4n) is 3.47. The van der Waals surface area contributed by atoms with Crippen LogP contribution in [0.15, 0.2) is 51.0 Å². The molecule has 0 unspecified atom stereocenters. The van der Waals surface area contributed by atoms with Gasteiger partial charge >= 0.3 is 6.09 Å². The molecule has 6 nitrogen and oxygen atoms in total. The first-order valence-corrected chi connectivity index (χ1v) is 10.5. The van der Waals surface area contributed by atoms with Crippen molar-refractivity contribution in [1.29, 1.82) is 0 Å². The normalized spacial score (nSPS) is 11.1. The zero-order valence-corrected chi connectivity index (χ0v) is 17.8. The number of aromatic nitrogens is 1. The molecule has 0 bridgehead atoms. The lowest BCUT2D eigenvalue weighted by molar-refractivity contribution is 0.194. The van der Waals surface area contributed by atoms with Crippen molar-refractivity contribution in [3.8, 4) is 16.9 Å². The van der Waals surface area contributed by atoms with Crippen LogP contribution in [-0.4, -0.2) is 29.8 Å². The molecule has 148 valence electrons. The van der Waals surface area contributed by atoms with E-state index >= 15 is 0 Å². The number of H-pyrrole nitrogens is 1. The Morgan fingerprint density at radius 1 is 1.28 bits per heavy atom. The van der Waals surface area contributed by atoms with Crippen molar-refractivity contribution in [2.24, 2.45) is 0 Å². The van der Waals surface area contributed by atoms with Gasteiger partial charge in [0.25, 0.3) is 5.56 Å². The molecule has 0 spiro atoms. The van der Waals surface area contributed by atoms with Gasteiger partial charge in [-0.3, -0.25) is 4.79 Å². The lowest BCUT2D eigenvalue weighted by Crippen LogP contribution is -2.23. The van der Waals surface area contributed by atoms with Gasteiger partial charge in [0.15, 0.2) is 0 Å². The molecule has 0 radical (unpaired) electrons. The van der Waals surface area contributed by atoms with Gasteiger partial charge in [0.05, 0.1) is 12.6 Å². The van der Waals surface area contributed by atoms with Crippen LogP contribution in [0, 0.1) is 0 Å². The second kappa shape index (κ2) is 7.88. The van der Waals surface area contributed by atoms with Crippen LogP contribution in [0.3, 0.4) is 0 Å². The van der Waals surface area contributed by atoms with Crippen LogP contribution in [0.1, 0.15) is 5.56 Å². The van der Waals surface area contributed by atoms with Crippen LogP contribution in [0.25, 0.3) is 32.1 Å². The summed E-state index contributed by atoms with van der Waals surface area (Å²) in [6.07, 6.45) is -0.422. The molecule has 4 rings (SSSR count). The quantitative estimate of drug-likeness (QED) is 0.381. The molecule has 0 aliphatic heterocycles. The van der Waals surface area contributed by atoms with Crippen LogP contribution in [0.2, 0.25) is 0 Å². The zero-order chi connectivity index (χ0) is 20.5. The van der Waals surface area contributed by atoms with Gasteiger partial charge in [0, 0.05) is 27.4 Å². The van der Waals surface area contributed by atoms with Gasteiger partial charge in [-0.1, -0.05) is 24.3 Å². The number of hydrogen-bond donors (Lipinski definition) is 3. The lowest BCUT2D eigenvalue weighted by atomic mass is 9.96. The molecule has 29 heavy (non-hydrogen) atoms. The van der Waals surface area contributed by atoms with Crippen LogP contribution >= 0.6 is 27.3 Å². The summed E-state index contributed by atoms with van der Waals surface area (Å²) >= 11 is 4.96. The summed E-state index contributed by atoms with van der Waals surface area (Å²) in [5.74, 6) is 0.698. The average Bonchev–Trinajstić information content (AvgIpc) is 3.19. The first kappa shape index (κ1) is 19.5.